The quantitative estimate of drug-likeness (QED) is 0.738. The van der Waals surface area contributed by atoms with E-state index < -0.39 is 0 Å². The van der Waals surface area contributed by atoms with E-state index in [1.807, 2.05) is 18.2 Å². The fraction of sp³-hybridized carbons (Fsp3) is 0.294. The van der Waals surface area contributed by atoms with Crippen molar-refractivity contribution in [1.29, 1.82) is 0 Å². The molecule has 1 amide bonds. The predicted molar refractivity (Wildman–Crippen MR) is 95.1 cm³/mol. The van der Waals surface area contributed by atoms with Crippen LogP contribution in [-0.2, 0) is 5.41 Å². The molecule has 22 heavy (non-hydrogen) atoms. The summed E-state index contributed by atoms with van der Waals surface area (Å²) in [5, 5.41) is 2.86. The van der Waals surface area contributed by atoms with Gasteiger partial charge in [0.05, 0.1) is 16.1 Å². The molecule has 3 nitrogen and oxygen atoms in total. The van der Waals surface area contributed by atoms with Crippen LogP contribution in [0.25, 0.3) is 0 Å². The molecule has 1 aromatic heterocycles. The number of ketones is 1. The van der Waals surface area contributed by atoms with E-state index in [9.17, 15) is 9.59 Å². The van der Waals surface area contributed by atoms with Crippen molar-refractivity contribution in [2.45, 2.75) is 33.1 Å². The molecule has 0 aliphatic rings. The van der Waals surface area contributed by atoms with Crippen molar-refractivity contribution in [2.75, 3.05) is 5.32 Å². The Hall–Kier alpha value is -1.46. The first kappa shape index (κ1) is 16.9. The van der Waals surface area contributed by atoms with Crippen LogP contribution in [0.1, 0.15) is 52.6 Å². The van der Waals surface area contributed by atoms with Gasteiger partial charge in [0.25, 0.3) is 5.91 Å². The first-order chi connectivity index (χ1) is 10.2. The van der Waals surface area contributed by atoms with Gasteiger partial charge in [-0.05, 0) is 39.5 Å². The van der Waals surface area contributed by atoms with Gasteiger partial charge in [0, 0.05) is 16.3 Å². The van der Waals surface area contributed by atoms with E-state index in [0.29, 0.717) is 16.1 Å². The molecule has 1 aromatic carbocycles. The summed E-state index contributed by atoms with van der Waals surface area (Å²) in [6, 6.07) is 9.11. The lowest BCUT2D eigenvalue weighted by molar-refractivity contribution is 0.102. The van der Waals surface area contributed by atoms with Crippen molar-refractivity contribution >= 4 is 44.6 Å². The minimum Gasteiger partial charge on any atom is -0.321 e. The Morgan fingerprint density at radius 3 is 2.36 bits per heavy atom. The zero-order valence-corrected chi connectivity index (χ0v) is 15.4. The Morgan fingerprint density at radius 2 is 1.82 bits per heavy atom. The average Bonchev–Trinajstić information content (AvgIpc) is 2.83. The van der Waals surface area contributed by atoms with Crippen molar-refractivity contribution in [3.63, 3.8) is 0 Å². The van der Waals surface area contributed by atoms with E-state index in [0.717, 1.165) is 9.35 Å². The standard InChI is InChI=1S/C17H18BrNO2S/c1-10(20)15-13(9-14(22-15)17(2,3)4)19-16(21)11-7-5-6-8-12(11)18/h5-9H,1-4H3,(H,19,21). The fourth-order valence-corrected chi connectivity index (χ4v) is 3.48. The van der Waals surface area contributed by atoms with Gasteiger partial charge in [-0.25, -0.2) is 0 Å². The molecule has 0 saturated heterocycles. The maximum Gasteiger partial charge on any atom is 0.256 e. The Bertz CT molecular complexity index is 729. The summed E-state index contributed by atoms with van der Waals surface area (Å²) in [7, 11) is 0. The molecule has 0 fully saturated rings. The molecule has 2 aromatic rings. The van der Waals surface area contributed by atoms with Gasteiger partial charge in [0.15, 0.2) is 5.78 Å². The third-order valence-corrected chi connectivity index (χ3v) is 5.51. The second kappa shape index (κ2) is 6.34. The van der Waals surface area contributed by atoms with Crippen LogP contribution in [0.3, 0.4) is 0 Å². The second-order valence-corrected chi connectivity index (χ2v) is 8.00. The summed E-state index contributed by atoms with van der Waals surface area (Å²) in [5.74, 6) is -0.267. The number of hydrogen-bond acceptors (Lipinski definition) is 3. The number of benzene rings is 1. The second-order valence-electron chi connectivity index (χ2n) is 6.09. The first-order valence-corrected chi connectivity index (χ1v) is 8.52. The zero-order valence-electron chi connectivity index (χ0n) is 13.0. The van der Waals surface area contributed by atoms with Crippen molar-refractivity contribution in [1.82, 2.24) is 0 Å². The largest absolute Gasteiger partial charge is 0.321 e. The zero-order chi connectivity index (χ0) is 16.5. The Kier molecular flexibility index (Phi) is 4.87. The number of thiophene rings is 1. The number of amides is 1. The SMILES string of the molecule is CC(=O)c1sc(C(C)(C)C)cc1NC(=O)c1ccccc1Br. The van der Waals surface area contributed by atoms with E-state index in [1.54, 1.807) is 12.1 Å². The highest BCUT2D eigenvalue weighted by molar-refractivity contribution is 9.10. The number of carbonyl (C=O) groups excluding carboxylic acids is 2. The summed E-state index contributed by atoms with van der Waals surface area (Å²) < 4.78 is 0.725. The molecule has 0 aliphatic carbocycles. The number of carbonyl (C=O) groups is 2. The highest BCUT2D eigenvalue weighted by atomic mass is 79.9. The molecule has 1 N–H and O–H groups in total. The maximum absolute atomic E-state index is 12.4. The van der Waals surface area contributed by atoms with E-state index in [2.05, 4.69) is 42.0 Å². The van der Waals surface area contributed by atoms with E-state index in [1.165, 1.54) is 18.3 Å². The molecule has 5 heteroatoms. The third kappa shape index (κ3) is 3.65. The summed E-state index contributed by atoms with van der Waals surface area (Å²) in [5.41, 5.74) is 1.06. The van der Waals surface area contributed by atoms with Crippen LogP contribution >= 0.6 is 27.3 Å². The minimum atomic E-state index is -0.228. The number of Topliss-reactive ketones (excluding diaryl/α,β-unsaturated/α-hetero) is 1. The molecule has 0 radical (unpaired) electrons. The summed E-state index contributed by atoms with van der Waals surface area (Å²) in [6.07, 6.45) is 0. The van der Waals surface area contributed by atoms with Crippen LogP contribution in [0.5, 0.6) is 0 Å². The van der Waals surface area contributed by atoms with Crippen LogP contribution < -0.4 is 5.32 Å². The number of nitrogens with one attached hydrogen (secondary N) is 1. The molecule has 0 aliphatic heterocycles. The van der Waals surface area contributed by atoms with E-state index in [-0.39, 0.29) is 17.1 Å². The number of rotatable bonds is 3. The number of hydrogen-bond donors (Lipinski definition) is 1. The molecule has 0 atom stereocenters. The Morgan fingerprint density at radius 1 is 1.18 bits per heavy atom. The van der Waals surface area contributed by atoms with Gasteiger partial charge >= 0.3 is 0 Å². The molecule has 0 unspecified atom stereocenters. The average molecular weight is 380 g/mol. The predicted octanol–water partition coefficient (Wildman–Crippen LogP) is 5.26. The van der Waals surface area contributed by atoms with Crippen molar-refractivity contribution in [3.05, 3.63) is 50.1 Å². The van der Waals surface area contributed by atoms with Crippen molar-refractivity contribution < 1.29 is 9.59 Å². The molecule has 0 spiro atoms. The lowest BCUT2D eigenvalue weighted by Crippen LogP contribution is -2.13. The minimum absolute atomic E-state index is 0.0390. The van der Waals surface area contributed by atoms with Gasteiger partial charge in [0.2, 0.25) is 0 Å². The van der Waals surface area contributed by atoms with Gasteiger partial charge in [-0.3, -0.25) is 9.59 Å². The molecular weight excluding hydrogens is 362 g/mol. The highest BCUT2D eigenvalue weighted by Gasteiger charge is 2.23. The topological polar surface area (TPSA) is 46.2 Å². The van der Waals surface area contributed by atoms with Gasteiger partial charge in [-0.1, -0.05) is 32.9 Å². The van der Waals surface area contributed by atoms with Crippen LogP contribution in [0, 0.1) is 0 Å². The smallest absolute Gasteiger partial charge is 0.256 e. The molecule has 1 heterocycles. The van der Waals surface area contributed by atoms with Crippen LogP contribution in [0.2, 0.25) is 0 Å². The number of halogens is 1. The highest BCUT2D eigenvalue weighted by Crippen LogP contribution is 2.36. The van der Waals surface area contributed by atoms with Gasteiger partial charge in [-0.15, -0.1) is 11.3 Å². The number of anilines is 1. The van der Waals surface area contributed by atoms with Gasteiger partial charge < -0.3 is 5.32 Å². The van der Waals surface area contributed by atoms with Gasteiger partial charge in [0.1, 0.15) is 0 Å². The van der Waals surface area contributed by atoms with Crippen LogP contribution in [0.4, 0.5) is 5.69 Å². The normalized spacial score (nSPS) is 11.3. The lowest BCUT2D eigenvalue weighted by Gasteiger charge is -2.15. The Balaban J connectivity index is 2.37. The van der Waals surface area contributed by atoms with Crippen molar-refractivity contribution in [2.24, 2.45) is 0 Å². The third-order valence-electron chi connectivity index (χ3n) is 3.16. The Labute approximate surface area is 142 Å². The van der Waals surface area contributed by atoms with Crippen LogP contribution in [-0.4, -0.2) is 11.7 Å². The molecule has 2 rings (SSSR count). The molecule has 0 saturated carbocycles. The molecule has 0 bridgehead atoms. The fourth-order valence-electron chi connectivity index (χ4n) is 1.95. The summed E-state index contributed by atoms with van der Waals surface area (Å²) in [4.78, 5) is 25.9. The maximum atomic E-state index is 12.4. The van der Waals surface area contributed by atoms with E-state index >= 15 is 0 Å². The molecule has 116 valence electrons. The summed E-state index contributed by atoms with van der Waals surface area (Å²) >= 11 is 4.81. The monoisotopic (exact) mass is 379 g/mol. The molecular formula is C17H18BrNO2S. The lowest BCUT2D eigenvalue weighted by atomic mass is 9.94. The van der Waals surface area contributed by atoms with Crippen molar-refractivity contribution in [3.8, 4) is 0 Å². The van der Waals surface area contributed by atoms with E-state index in [4.69, 9.17) is 0 Å². The first-order valence-electron chi connectivity index (χ1n) is 6.91. The van der Waals surface area contributed by atoms with Crippen LogP contribution in [0.15, 0.2) is 34.8 Å². The summed E-state index contributed by atoms with van der Waals surface area (Å²) in [6.45, 7) is 7.78. The van der Waals surface area contributed by atoms with Gasteiger partial charge in [-0.2, -0.15) is 0 Å².